The maximum Gasteiger partial charge on any atom is 0.0594 e. The van der Waals surface area contributed by atoms with Gasteiger partial charge in [0.05, 0.1) is 13.2 Å². The van der Waals surface area contributed by atoms with Gasteiger partial charge in [0.25, 0.3) is 0 Å². The van der Waals surface area contributed by atoms with E-state index >= 15 is 0 Å². The van der Waals surface area contributed by atoms with Gasteiger partial charge in [0.15, 0.2) is 0 Å². The van der Waals surface area contributed by atoms with Crippen molar-refractivity contribution in [3.63, 3.8) is 0 Å². The van der Waals surface area contributed by atoms with Crippen molar-refractivity contribution in [2.24, 2.45) is 17.6 Å². The minimum Gasteiger partial charge on any atom is -0.379 e. The Hall–Kier alpha value is -0.120. The number of ether oxygens (including phenoxy) is 1. The molecule has 0 amide bonds. The molecule has 0 bridgehead atoms. The zero-order valence-electron chi connectivity index (χ0n) is 10.5. The molecule has 3 heteroatoms. The van der Waals surface area contributed by atoms with Gasteiger partial charge in [0.2, 0.25) is 0 Å². The van der Waals surface area contributed by atoms with E-state index in [9.17, 15) is 0 Å². The van der Waals surface area contributed by atoms with Crippen LogP contribution >= 0.6 is 0 Å². The topological polar surface area (TPSA) is 38.5 Å². The van der Waals surface area contributed by atoms with Crippen LogP contribution in [0.25, 0.3) is 0 Å². The molecule has 1 aliphatic carbocycles. The lowest BCUT2D eigenvalue weighted by Gasteiger charge is -2.41. The van der Waals surface area contributed by atoms with Gasteiger partial charge in [0.1, 0.15) is 0 Å². The highest BCUT2D eigenvalue weighted by Crippen LogP contribution is 2.32. The Morgan fingerprint density at radius 2 is 2.06 bits per heavy atom. The number of rotatable bonds is 3. The van der Waals surface area contributed by atoms with Crippen LogP contribution in [0.5, 0.6) is 0 Å². The molecule has 0 radical (unpaired) electrons. The lowest BCUT2D eigenvalue weighted by atomic mass is 9.78. The summed E-state index contributed by atoms with van der Waals surface area (Å²) in [4.78, 5) is 2.56. The molecular formula is C13H26N2O. The van der Waals surface area contributed by atoms with E-state index in [-0.39, 0.29) is 0 Å². The van der Waals surface area contributed by atoms with Crippen LogP contribution in [0.15, 0.2) is 0 Å². The molecule has 0 aromatic carbocycles. The molecule has 1 saturated heterocycles. The number of nitrogens with zero attached hydrogens (tertiary/aromatic N) is 1. The Morgan fingerprint density at radius 1 is 1.31 bits per heavy atom. The van der Waals surface area contributed by atoms with E-state index in [2.05, 4.69) is 11.8 Å². The Balaban J connectivity index is 1.91. The normalized spacial score (nSPS) is 34.9. The predicted octanol–water partition coefficient (Wildman–Crippen LogP) is 1.47. The fourth-order valence-electron chi connectivity index (χ4n) is 3.38. The van der Waals surface area contributed by atoms with Crippen LogP contribution in [-0.2, 0) is 4.74 Å². The second-order valence-electron chi connectivity index (χ2n) is 5.48. The molecule has 2 aliphatic rings. The fourth-order valence-corrected chi connectivity index (χ4v) is 3.38. The van der Waals surface area contributed by atoms with E-state index in [4.69, 9.17) is 10.5 Å². The van der Waals surface area contributed by atoms with E-state index in [1.165, 1.54) is 25.7 Å². The summed E-state index contributed by atoms with van der Waals surface area (Å²) in [5.41, 5.74) is 6.00. The van der Waals surface area contributed by atoms with Crippen molar-refractivity contribution in [3.05, 3.63) is 0 Å². The van der Waals surface area contributed by atoms with E-state index in [0.29, 0.717) is 6.04 Å². The molecule has 0 aromatic rings. The Morgan fingerprint density at radius 3 is 2.69 bits per heavy atom. The van der Waals surface area contributed by atoms with Gasteiger partial charge in [-0.2, -0.15) is 0 Å². The molecule has 2 rings (SSSR count). The van der Waals surface area contributed by atoms with Crippen molar-refractivity contribution in [1.82, 2.24) is 4.90 Å². The summed E-state index contributed by atoms with van der Waals surface area (Å²) in [5.74, 6) is 1.72. The van der Waals surface area contributed by atoms with Gasteiger partial charge in [-0.15, -0.1) is 0 Å². The number of nitrogens with two attached hydrogens (primary N) is 1. The van der Waals surface area contributed by atoms with Crippen molar-refractivity contribution in [1.29, 1.82) is 0 Å². The second kappa shape index (κ2) is 5.99. The molecule has 0 spiro atoms. The van der Waals surface area contributed by atoms with Gasteiger partial charge in [-0.1, -0.05) is 19.8 Å². The van der Waals surface area contributed by atoms with Crippen LogP contribution in [0.3, 0.4) is 0 Å². The van der Waals surface area contributed by atoms with Crippen molar-refractivity contribution < 1.29 is 4.74 Å². The van der Waals surface area contributed by atoms with Gasteiger partial charge in [-0.05, 0) is 24.7 Å². The third-order valence-electron chi connectivity index (χ3n) is 4.28. The van der Waals surface area contributed by atoms with Gasteiger partial charge in [-0.3, -0.25) is 4.90 Å². The van der Waals surface area contributed by atoms with Crippen LogP contribution in [0.4, 0.5) is 0 Å². The monoisotopic (exact) mass is 226 g/mol. The van der Waals surface area contributed by atoms with E-state index in [1.807, 2.05) is 0 Å². The van der Waals surface area contributed by atoms with Gasteiger partial charge < -0.3 is 10.5 Å². The van der Waals surface area contributed by atoms with Crippen molar-refractivity contribution >= 4 is 0 Å². The van der Waals surface area contributed by atoms with Crippen molar-refractivity contribution in [2.75, 3.05) is 32.8 Å². The molecule has 3 atom stereocenters. The van der Waals surface area contributed by atoms with Crippen LogP contribution in [0, 0.1) is 11.8 Å². The van der Waals surface area contributed by atoms with E-state index in [0.717, 1.165) is 44.7 Å². The Labute approximate surface area is 99.3 Å². The third-order valence-corrected chi connectivity index (χ3v) is 4.28. The second-order valence-corrected chi connectivity index (χ2v) is 5.48. The summed E-state index contributed by atoms with van der Waals surface area (Å²) in [6.45, 7) is 7.13. The number of hydrogen-bond donors (Lipinski definition) is 1. The number of morpholine rings is 1. The summed E-state index contributed by atoms with van der Waals surface area (Å²) in [6.07, 6.45) is 5.56. The quantitative estimate of drug-likeness (QED) is 0.792. The van der Waals surface area contributed by atoms with Gasteiger partial charge in [0, 0.05) is 25.7 Å². The van der Waals surface area contributed by atoms with Crippen LogP contribution in [-0.4, -0.2) is 43.8 Å². The van der Waals surface area contributed by atoms with Gasteiger partial charge >= 0.3 is 0 Å². The molecule has 1 heterocycles. The first-order valence-electron chi connectivity index (χ1n) is 6.83. The van der Waals surface area contributed by atoms with Crippen LogP contribution < -0.4 is 5.73 Å². The molecule has 94 valence electrons. The van der Waals surface area contributed by atoms with Gasteiger partial charge in [-0.25, -0.2) is 0 Å². The summed E-state index contributed by atoms with van der Waals surface area (Å²) >= 11 is 0. The van der Waals surface area contributed by atoms with Crippen LogP contribution in [0.2, 0.25) is 0 Å². The highest BCUT2D eigenvalue weighted by Gasteiger charge is 2.30. The molecule has 3 unspecified atom stereocenters. The minimum atomic E-state index is 0.603. The third kappa shape index (κ3) is 2.96. The Kier molecular flexibility index (Phi) is 4.62. The molecule has 16 heavy (non-hydrogen) atoms. The first-order chi connectivity index (χ1) is 7.81. The number of hydrogen-bond acceptors (Lipinski definition) is 3. The van der Waals surface area contributed by atoms with E-state index in [1.54, 1.807) is 0 Å². The van der Waals surface area contributed by atoms with Crippen molar-refractivity contribution in [3.8, 4) is 0 Å². The summed E-state index contributed by atoms with van der Waals surface area (Å²) in [5, 5.41) is 0. The molecular weight excluding hydrogens is 200 g/mol. The maximum absolute atomic E-state index is 6.00. The lowest BCUT2D eigenvalue weighted by molar-refractivity contribution is -0.00241. The predicted molar refractivity (Wildman–Crippen MR) is 66.4 cm³/mol. The maximum atomic E-state index is 6.00. The fraction of sp³-hybridized carbons (Fsp3) is 1.00. The highest BCUT2D eigenvalue weighted by atomic mass is 16.5. The average Bonchev–Trinajstić information content (AvgIpc) is 2.31. The summed E-state index contributed by atoms with van der Waals surface area (Å²) < 4.78 is 5.42. The molecule has 1 saturated carbocycles. The van der Waals surface area contributed by atoms with Crippen molar-refractivity contribution in [2.45, 2.75) is 38.6 Å². The van der Waals surface area contributed by atoms with Crippen LogP contribution in [0.1, 0.15) is 32.6 Å². The first-order valence-corrected chi connectivity index (χ1v) is 6.83. The lowest BCUT2D eigenvalue weighted by Crippen LogP contribution is -2.51. The first kappa shape index (κ1) is 12.3. The molecule has 0 aromatic heterocycles. The smallest absolute Gasteiger partial charge is 0.0594 e. The molecule has 1 aliphatic heterocycles. The zero-order valence-corrected chi connectivity index (χ0v) is 10.5. The molecule has 3 nitrogen and oxygen atoms in total. The Bertz CT molecular complexity index is 204. The average molecular weight is 226 g/mol. The minimum absolute atomic E-state index is 0.603. The summed E-state index contributed by atoms with van der Waals surface area (Å²) in [6, 6.07) is 0.603. The molecule has 2 N–H and O–H groups in total. The SMILES string of the molecule is CC1CCCC(C(CN)N2CCOCC2)C1. The standard InChI is InChI=1S/C13H26N2O/c1-11-3-2-4-12(9-11)13(10-14)15-5-7-16-8-6-15/h11-13H,2-10,14H2,1H3. The van der Waals surface area contributed by atoms with E-state index < -0.39 is 0 Å². The largest absolute Gasteiger partial charge is 0.379 e. The highest BCUT2D eigenvalue weighted by molar-refractivity contribution is 4.85. The molecule has 2 fully saturated rings. The zero-order chi connectivity index (χ0) is 11.4. The summed E-state index contributed by atoms with van der Waals surface area (Å²) in [7, 11) is 0.